The van der Waals surface area contributed by atoms with E-state index in [1.54, 1.807) is 6.07 Å². The predicted octanol–water partition coefficient (Wildman–Crippen LogP) is 2.77. The average molecular weight is 339 g/mol. The van der Waals surface area contributed by atoms with Crippen molar-refractivity contribution in [2.75, 3.05) is 26.2 Å². The molecule has 1 amide bonds. The van der Waals surface area contributed by atoms with Crippen LogP contribution in [0.3, 0.4) is 0 Å². The van der Waals surface area contributed by atoms with Crippen molar-refractivity contribution >= 4 is 5.91 Å². The first-order valence-electron chi connectivity index (χ1n) is 8.86. The number of likely N-dealkylation sites (tertiary alicyclic amines) is 1. The molecule has 5 heteroatoms. The number of rotatable bonds is 6. The first-order valence-corrected chi connectivity index (χ1v) is 8.86. The molecule has 2 aromatic rings. The van der Waals surface area contributed by atoms with E-state index in [1.165, 1.54) is 18.0 Å². The van der Waals surface area contributed by atoms with Crippen LogP contribution in [0.1, 0.15) is 29.3 Å². The summed E-state index contributed by atoms with van der Waals surface area (Å²) in [4.78, 5) is 20.8. The van der Waals surface area contributed by atoms with E-state index >= 15 is 0 Å². The molecule has 1 N–H and O–H groups in total. The van der Waals surface area contributed by atoms with Crippen LogP contribution < -0.4 is 0 Å². The Kier molecular flexibility index (Phi) is 5.66. The number of aromatic hydroxyl groups is 1. The molecule has 1 aromatic carbocycles. The van der Waals surface area contributed by atoms with E-state index in [2.05, 4.69) is 34.1 Å². The van der Waals surface area contributed by atoms with Crippen LogP contribution in [0.4, 0.5) is 0 Å². The fraction of sp³-hybridized carbons (Fsp3) is 0.400. The quantitative estimate of drug-likeness (QED) is 0.879. The highest BCUT2D eigenvalue weighted by atomic mass is 16.3. The zero-order valence-corrected chi connectivity index (χ0v) is 14.6. The van der Waals surface area contributed by atoms with Crippen molar-refractivity contribution in [2.45, 2.75) is 19.9 Å². The summed E-state index contributed by atoms with van der Waals surface area (Å²) in [6, 6.07) is 12.1. The van der Waals surface area contributed by atoms with E-state index in [9.17, 15) is 9.90 Å². The summed E-state index contributed by atoms with van der Waals surface area (Å²) in [5.74, 6) is 0.295. The molecule has 0 saturated carbocycles. The maximum Gasteiger partial charge on any atom is 0.257 e. The second kappa shape index (κ2) is 8.12. The van der Waals surface area contributed by atoms with Crippen LogP contribution in [0.5, 0.6) is 5.75 Å². The minimum Gasteiger partial charge on any atom is -0.505 e. The molecule has 0 radical (unpaired) electrons. The van der Waals surface area contributed by atoms with Gasteiger partial charge in [0, 0.05) is 32.4 Å². The lowest BCUT2D eigenvalue weighted by molar-refractivity contribution is 0.0735. The first-order chi connectivity index (χ1) is 12.2. The fourth-order valence-corrected chi connectivity index (χ4v) is 3.45. The van der Waals surface area contributed by atoms with Crippen LogP contribution in [0, 0.1) is 5.92 Å². The van der Waals surface area contributed by atoms with Crippen LogP contribution in [0.25, 0.3) is 0 Å². The maximum absolute atomic E-state index is 12.7. The van der Waals surface area contributed by atoms with Gasteiger partial charge in [0.2, 0.25) is 0 Å². The molecule has 2 heterocycles. The summed E-state index contributed by atoms with van der Waals surface area (Å²) in [5.41, 5.74) is 1.66. The molecule has 25 heavy (non-hydrogen) atoms. The highest BCUT2D eigenvalue weighted by Gasteiger charge is 2.27. The van der Waals surface area contributed by atoms with E-state index in [0.29, 0.717) is 18.0 Å². The van der Waals surface area contributed by atoms with Crippen molar-refractivity contribution in [3.63, 3.8) is 0 Å². The number of carbonyl (C=O) groups excluding carboxylic acids is 1. The Hall–Kier alpha value is -2.40. The van der Waals surface area contributed by atoms with Crippen molar-refractivity contribution in [3.8, 4) is 5.75 Å². The average Bonchev–Trinajstić information content (AvgIpc) is 3.07. The predicted molar refractivity (Wildman–Crippen MR) is 97.3 cm³/mol. The Balaban J connectivity index is 1.58. The highest BCUT2D eigenvalue weighted by Crippen LogP contribution is 2.22. The Morgan fingerprint density at radius 3 is 2.84 bits per heavy atom. The van der Waals surface area contributed by atoms with E-state index < -0.39 is 0 Å². The zero-order valence-electron chi connectivity index (χ0n) is 14.6. The third-order valence-electron chi connectivity index (χ3n) is 4.80. The molecule has 0 bridgehead atoms. The molecule has 5 nitrogen and oxygen atoms in total. The lowest BCUT2D eigenvalue weighted by atomic mass is 10.1. The normalized spacial score (nSPS) is 17.6. The number of aromatic nitrogens is 1. The molecule has 1 saturated heterocycles. The number of pyridine rings is 1. The number of hydrogen-bond donors (Lipinski definition) is 1. The number of nitrogens with zero attached hydrogens (tertiary/aromatic N) is 3. The molecule has 3 rings (SSSR count). The van der Waals surface area contributed by atoms with E-state index in [-0.39, 0.29) is 11.7 Å². The smallest absolute Gasteiger partial charge is 0.257 e. The van der Waals surface area contributed by atoms with Gasteiger partial charge in [0.15, 0.2) is 0 Å². The van der Waals surface area contributed by atoms with Gasteiger partial charge in [-0.15, -0.1) is 0 Å². The van der Waals surface area contributed by atoms with Crippen molar-refractivity contribution < 1.29 is 9.90 Å². The summed E-state index contributed by atoms with van der Waals surface area (Å²) >= 11 is 0. The van der Waals surface area contributed by atoms with Gasteiger partial charge >= 0.3 is 0 Å². The number of amides is 1. The molecule has 1 unspecified atom stereocenters. The molecular weight excluding hydrogens is 314 g/mol. The zero-order chi connectivity index (χ0) is 17.6. The van der Waals surface area contributed by atoms with Gasteiger partial charge in [-0.05, 0) is 37.4 Å². The van der Waals surface area contributed by atoms with Gasteiger partial charge in [-0.3, -0.25) is 14.7 Å². The Bertz CT molecular complexity index is 705. The number of benzene rings is 1. The third kappa shape index (κ3) is 4.37. The standard InChI is InChI=1S/C20H25N3O2/c1-2-23(20(25)18-8-10-21-12-19(18)24)15-17-9-11-22(14-17)13-16-6-4-3-5-7-16/h3-8,10,12,17,24H,2,9,11,13-15H2,1H3. The largest absolute Gasteiger partial charge is 0.505 e. The van der Waals surface area contributed by atoms with Crippen LogP contribution in [-0.2, 0) is 6.54 Å². The second-order valence-corrected chi connectivity index (χ2v) is 6.61. The van der Waals surface area contributed by atoms with Crippen LogP contribution in [0.2, 0.25) is 0 Å². The highest BCUT2D eigenvalue weighted by molar-refractivity contribution is 5.96. The third-order valence-corrected chi connectivity index (χ3v) is 4.80. The van der Waals surface area contributed by atoms with Crippen molar-refractivity contribution in [1.82, 2.24) is 14.8 Å². The molecule has 1 aliphatic heterocycles. The lowest BCUT2D eigenvalue weighted by Gasteiger charge is -2.25. The van der Waals surface area contributed by atoms with Gasteiger partial charge < -0.3 is 10.0 Å². The Morgan fingerprint density at radius 2 is 2.12 bits per heavy atom. The van der Waals surface area contributed by atoms with Gasteiger partial charge in [-0.2, -0.15) is 0 Å². The summed E-state index contributed by atoms with van der Waals surface area (Å²) in [5, 5.41) is 9.87. The molecule has 1 atom stereocenters. The summed E-state index contributed by atoms with van der Waals surface area (Å²) in [7, 11) is 0. The number of carbonyl (C=O) groups is 1. The minimum atomic E-state index is -0.121. The molecular formula is C20H25N3O2. The molecule has 132 valence electrons. The van der Waals surface area contributed by atoms with Crippen LogP contribution in [-0.4, -0.2) is 52.0 Å². The van der Waals surface area contributed by atoms with Gasteiger partial charge in [0.1, 0.15) is 5.75 Å². The van der Waals surface area contributed by atoms with E-state index in [0.717, 1.165) is 32.6 Å². The van der Waals surface area contributed by atoms with Gasteiger partial charge in [-0.1, -0.05) is 30.3 Å². The molecule has 1 aliphatic rings. The second-order valence-electron chi connectivity index (χ2n) is 6.61. The van der Waals surface area contributed by atoms with Crippen LogP contribution >= 0.6 is 0 Å². The van der Waals surface area contributed by atoms with Gasteiger partial charge in [0.25, 0.3) is 5.91 Å². The van der Waals surface area contributed by atoms with E-state index in [4.69, 9.17) is 0 Å². The topological polar surface area (TPSA) is 56.7 Å². The Morgan fingerprint density at radius 1 is 1.32 bits per heavy atom. The van der Waals surface area contributed by atoms with Gasteiger partial charge in [0.05, 0.1) is 11.8 Å². The molecule has 1 fully saturated rings. The Labute approximate surface area is 148 Å². The maximum atomic E-state index is 12.7. The number of hydrogen-bond acceptors (Lipinski definition) is 4. The molecule has 1 aromatic heterocycles. The summed E-state index contributed by atoms with van der Waals surface area (Å²) in [6.07, 6.45) is 3.95. The van der Waals surface area contributed by atoms with Crippen LogP contribution in [0.15, 0.2) is 48.8 Å². The molecule has 0 aliphatic carbocycles. The van der Waals surface area contributed by atoms with Crippen molar-refractivity contribution in [2.24, 2.45) is 5.92 Å². The summed E-state index contributed by atoms with van der Waals surface area (Å²) in [6.45, 7) is 6.36. The van der Waals surface area contributed by atoms with Gasteiger partial charge in [-0.25, -0.2) is 0 Å². The van der Waals surface area contributed by atoms with Crippen molar-refractivity contribution in [3.05, 3.63) is 59.9 Å². The summed E-state index contributed by atoms with van der Waals surface area (Å²) < 4.78 is 0. The first kappa shape index (κ1) is 17.4. The van der Waals surface area contributed by atoms with E-state index in [1.807, 2.05) is 17.9 Å². The molecule has 0 spiro atoms. The monoisotopic (exact) mass is 339 g/mol. The minimum absolute atomic E-state index is 0.0527. The fourth-order valence-electron chi connectivity index (χ4n) is 3.45. The SMILES string of the molecule is CCN(CC1CCN(Cc2ccccc2)C1)C(=O)c1ccncc1O. The van der Waals surface area contributed by atoms with Crippen molar-refractivity contribution in [1.29, 1.82) is 0 Å². The lowest BCUT2D eigenvalue weighted by Crippen LogP contribution is -2.36.